The van der Waals surface area contributed by atoms with E-state index in [2.05, 4.69) is 10.1 Å². The molecular weight excluding hydrogens is 237 g/mol. The zero-order chi connectivity index (χ0) is 13.1. The van der Waals surface area contributed by atoms with Crippen molar-refractivity contribution < 1.29 is 22.7 Å². The van der Waals surface area contributed by atoms with E-state index in [0.717, 1.165) is 12.1 Å². The lowest BCUT2D eigenvalue weighted by atomic mass is 10.2. The van der Waals surface area contributed by atoms with Gasteiger partial charge in [0.15, 0.2) is 0 Å². The Kier molecular flexibility index (Phi) is 3.95. The highest BCUT2D eigenvalue weighted by atomic mass is 19.4. The SMILES string of the molecule is CC(N)C(=O)Nc1cccc(OC(F)(F)F)c1. The van der Waals surface area contributed by atoms with E-state index in [9.17, 15) is 18.0 Å². The lowest BCUT2D eigenvalue weighted by molar-refractivity contribution is -0.274. The number of alkyl halides is 3. The number of hydrogen-bond donors (Lipinski definition) is 2. The van der Waals surface area contributed by atoms with Gasteiger partial charge in [0.05, 0.1) is 6.04 Å². The molecule has 0 aliphatic heterocycles. The van der Waals surface area contributed by atoms with Gasteiger partial charge in [-0.05, 0) is 19.1 Å². The second-order valence-corrected chi connectivity index (χ2v) is 3.35. The number of benzene rings is 1. The van der Waals surface area contributed by atoms with Crippen molar-refractivity contribution in [1.82, 2.24) is 0 Å². The highest BCUT2D eigenvalue weighted by molar-refractivity contribution is 5.94. The van der Waals surface area contributed by atoms with Gasteiger partial charge in [0, 0.05) is 11.8 Å². The summed E-state index contributed by atoms with van der Waals surface area (Å²) in [7, 11) is 0. The molecular formula is C10H11F3N2O2. The van der Waals surface area contributed by atoms with Crippen LogP contribution in [0.2, 0.25) is 0 Å². The third kappa shape index (κ3) is 4.73. The first-order chi connectivity index (χ1) is 7.78. The Morgan fingerprint density at radius 3 is 2.65 bits per heavy atom. The van der Waals surface area contributed by atoms with Gasteiger partial charge in [0.25, 0.3) is 0 Å². The highest BCUT2D eigenvalue weighted by Crippen LogP contribution is 2.24. The van der Waals surface area contributed by atoms with Gasteiger partial charge < -0.3 is 15.8 Å². The van der Waals surface area contributed by atoms with E-state index in [1.54, 1.807) is 0 Å². The largest absolute Gasteiger partial charge is 0.573 e. The second-order valence-electron chi connectivity index (χ2n) is 3.35. The molecule has 4 nitrogen and oxygen atoms in total. The molecule has 1 atom stereocenters. The molecule has 0 spiro atoms. The molecule has 94 valence electrons. The number of nitrogens with one attached hydrogen (secondary N) is 1. The summed E-state index contributed by atoms with van der Waals surface area (Å²) in [6.07, 6.45) is -4.76. The standard InChI is InChI=1S/C10H11F3N2O2/c1-6(14)9(16)15-7-3-2-4-8(5-7)17-10(11,12)13/h2-6H,14H2,1H3,(H,15,16). The van der Waals surface area contributed by atoms with Gasteiger partial charge in [-0.3, -0.25) is 4.79 Å². The van der Waals surface area contributed by atoms with E-state index < -0.39 is 24.1 Å². The maximum Gasteiger partial charge on any atom is 0.573 e. The van der Waals surface area contributed by atoms with Crippen LogP contribution in [0.15, 0.2) is 24.3 Å². The number of halogens is 3. The average Bonchev–Trinajstić information content (AvgIpc) is 2.15. The Morgan fingerprint density at radius 1 is 1.47 bits per heavy atom. The molecule has 0 bridgehead atoms. The van der Waals surface area contributed by atoms with Crippen LogP contribution < -0.4 is 15.8 Å². The minimum Gasteiger partial charge on any atom is -0.406 e. The molecule has 0 radical (unpaired) electrons. The zero-order valence-electron chi connectivity index (χ0n) is 8.91. The molecule has 0 saturated carbocycles. The summed E-state index contributed by atoms with van der Waals surface area (Å²) in [4.78, 5) is 11.2. The van der Waals surface area contributed by atoms with Crippen LogP contribution in [0.25, 0.3) is 0 Å². The minimum atomic E-state index is -4.76. The van der Waals surface area contributed by atoms with E-state index in [1.165, 1.54) is 19.1 Å². The first-order valence-electron chi connectivity index (χ1n) is 4.70. The van der Waals surface area contributed by atoms with Crippen LogP contribution in [0.4, 0.5) is 18.9 Å². The summed E-state index contributed by atoms with van der Waals surface area (Å²) in [5.41, 5.74) is 5.49. The fraction of sp³-hybridized carbons (Fsp3) is 0.300. The average molecular weight is 248 g/mol. The van der Waals surface area contributed by atoms with Crippen molar-refractivity contribution in [3.05, 3.63) is 24.3 Å². The minimum absolute atomic E-state index is 0.189. The number of anilines is 1. The molecule has 0 aliphatic carbocycles. The smallest absolute Gasteiger partial charge is 0.406 e. The Hall–Kier alpha value is -1.76. The molecule has 17 heavy (non-hydrogen) atoms. The Bertz CT molecular complexity index is 405. The number of hydrogen-bond acceptors (Lipinski definition) is 3. The number of ether oxygens (including phenoxy) is 1. The number of carbonyl (C=O) groups excluding carboxylic acids is 1. The van der Waals surface area contributed by atoms with Crippen LogP contribution in [0.1, 0.15) is 6.92 Å². The molecule has 1 rings (SSSR count). The van der Waals surface area contributed by atoms with Gasteiger partial charge in [0.1, 0.15) is 5.75 Å². The number of rotatable bonds is 3. The Morgan fingerprint density at radius 2 is 2.12 bits per heavy atom. The first-order valence-corrected chi connectivity index (χ1v) is 4.70. The predicted octanol–water partition coefficient (Wildman–Crippen LogP) is 1.87. The predicted molar refractivity (Wildman–Crippen MR) is 55.4 cm³/mol. The normalized spacial score (nSPS) is 13.0. The molecule has 0 heterocycles. The lowest BCUT2D eigenvalue weighted by Gasteiger charge is -2.11. The van der Waals surface area contributed by atoms with Crippen molar-refractivity contribution >= 4 is 11.6 Å². The maximum atomic E-state index is 11.9. The quantitative estimate of drug-likeness (QED) is 0.858. The van der Waals surface area contributed by atoms with Crippen molar-refractivity contribution in [2.45, 2.75) is 19.3 Å². The van der Waals surface area contributed by atoms with Gasteiger partial charge in [-0.25, -0.2) is 0 Å². The molecule has 0 saturated heterocycles. The van der Waals surface area contributed by atoms with Crippen molar-refractivity contribution in [2.24, 2.45) is 5.73 Å². The summed E-state index contributed by atoms with van der Waals surface area (Å²) in [6, 6.07) is 4.21. The van der Waals surface area contributed by atoms with Gasteiger partial charge in [0.2, 0.25) is 5.91 Å². The zero-order valence-corrected chi connectivity index (χ0v) is 8.91. The third-order valence-corrected chi connectivity index (χ3v) is 1.75. The summed E-state index contributed by atoms with van der Waals surface area (Å²) in [5.74, 6) is -0.894. The van der Waals surface area contributed by atoms with Crippen LogP contribution in [0.5, 0.6) is 5.75 Å². The van der Waals surface area contributed by atoms with Crippen LogP contribution in [-0.2, 0) is 4.79 Å². The van der Waals surface area contributed by atoms with Gasteiger partial charge in [-0.15, -0.1) is 13.2 Å². The number of nitrogens with two attached hydrogens (primary N) is 1. The van der Waals surface area contributed by atoms with Crippen LogP contribution >= 0.6 is 0 Å². The summed E-state index contributed by atoms with van der Waals surface area (Å²) in [6.45, 7) is 1.46. The van der Waals surface area contributed by atoms with Crippen molar-refractivity contribution in [2.75, 3.05) is 5.32 Å². The molecule has 0 aliphatic rings. The summed E-state index contributed by atoms with van der Waals surface area (Å²) >= 11 is 0. The molecule has 1 aromatic rings. The molecule has 1 aromatic carbocycles. The Labute approximate surface area is 95.6 Å². The molecule has 7 heteroatoms. The van der Waals surface area contributed by atoms with E-state index in [-0.39, 0.29) is 5.69 Å². The lowest BCUT2D eigenvalue weighted by Crippen LogP contribution is -2.32. The van der Waals surface area contributed by atoms with Crippen molar-refractivity contribution in [1.29, 1.82) is 0 Å². The monoisotopic (exact) mass is 248 g/mol. The van der Waals surface area contributed by atoms with Gasteiger partial charge >= 0.3 is 6.36 Å². The number of carbonyl (C=O) groups is 1. The van der Waals surface area contributed by atoms with E-state index >= 15 is 0 Å². The molecule has 3 N–H and O–H groups in total. The van der Waals surface area contributed by atoms with Crippen LogP contribution in [0.3, 0.4) is 0 Å². The molecule has 1 unspecified atom stereocenters. The van der Waals surface area contributed by atoms with Crippen LogP contribution in [-0.4, -0.2) is 18.3 Å². The van der Waals surface area contributed by atoms with Crippen molar-refractivity contribution in [3.63, 3.8) is 0 Å². The Balaban J connectivity index is 2.76. The fourth-order valence-electron chi connectivity index (χ4n) is 1.03. The first kappa shape index (κ1) is 13.3. The third-order valence-electron chi connectivity index (χ3n) is 1.75. The summed E-state index contributed by atoms with van der Waals surface area (Å²) < 4.78 is 39.5. The topological polar surface area (TPSA) is 64.4 Å². The maximum absolute atomic E-state index is 11.9. The molecule has 1 amide bonds. The fourth-order valence-corrected chi connectivity index (χ4v) is 1.03. The van der Waals surface area contributed by atoms with Crippen LogP contribution in [0, 0.1) is 0 Å². The number of amides is 1. The molecule has 0 fully saturated rings. The van der Waals surface area contributed by atoms with E-state index in [1.807, 2.05) is 0 Å². The highest BCUT2D eigenvalue weighted by Gasteiger charge is 2.31. The summed E-state index contributed by atoms with van der Waals surface area (Å²) in [5, 5.41) is 2.36. The van der Waals surface area contributed by atoms with Gasteiger partial charge in [-0.1, -0.05) is 6.07 Å². The van der Waals surface area contributed by atoms with Gasteiger partial charge in [-0.2, -0.15) is 0 Å². The molecule has 0 aromatic heterocycles. The van der Waals surface area contributed by atoms with Crippen molar-refractivity contribution in [3.8, 4) is 5.75 Å². The second kappa shape index (κ2) is 5.05. The van der Waals surface area contributed by atoms with E-state index in [0.29, 0.717) is 0 Å². The van der Waals surface area contributed by atoms with E-state index in [4.69, 9.17) is 5.73 Å².